The van der Waals surface area contributed by atoms with Gasteiger partial charge in [0.05, 0.1) is 5.69 Å². The molecule has 1 heterocycles. The van der Waals surface area contributed by atoms with Crippen LogP contribution in [-0.2, 0) is 23.1 Å². The molecule has 1 unspecified atom stereocenters. The van der Waals surface area contributed by atoms with Crippen LogP contribution in [0, 0.1) is 0 Å². The fraction of sp³-hybridized carbons (Fsp3) is 0.481. The lowest BCUT2D eigenvalue weighted by atomic mass is 9.63. The van der Waals surface area contributed by atoms with Gasteiger partial charge >= 0.3 is 0 Å². The number of benzene rings is 2. The summed E-state index contributed by atoms with van der Waals surface area (Å²) in [6, 6.07) is 13.1. The SMILES string of the molecule is C=Nc1c(CC)cccc1SC.CC.CN1C(=O)CC[C@]2(C)c3ccc(S)cc3CCC12. The Morgan fingerprint density at radius 1 is 1.25 bits per heavy atom. The third kappa shape index (κ3) is 5.43. The minimum Gasteiger partial charge on any atom is -0.342 e. The molecule has 0 aromatic heterocycles. The van der Waals surface area contributed by atoms with Gasteiger partial charge < -0.3 is 4.90 Å². The first-order valence-corrected chi connectivity index (χ1v) is 13.2. The lowest BCUT2D eigenvalue weighted by molar-refractivity contribution is -0.138. The summed E-state index contributed by atoms with van der Waals surface area (Å²) in [5.74, 6) is 0.298. The molecule has 5 heteroatoms. The van der Waals surface area contributed by atoms with Crippen LogP contribution in [0.4, 0.5) is 5.69 Å². The summed E-state index contributed by atoms with van der Waals surface area (Å²) < 4.78 is 0. The predicted molar refractivity (Wildman–Crippen MR) is 143 cm³/mol. The minimum absolute atomic E-state index is 0.123. The van der Waals surface area contributed by atoms with Crippen LogP contribution in [0.15, 0.2) is 51.2 Å². The molecular weight excluding hydrogens is 432 g/mol. The smallest absolute Gasteiger partial charge is 0.222 e. The number of thioether (sulfide) groups is 1. The van der Waals surface area contributed by atoms with Gasteiger partial charge in [0.2, 0.25) is 5.91 Å². The van der Waals surface area contributed by atoms with E-state index in [4.69, 9.17) is 0 Å². The molecule has 0 N–H and O–H groups in total. The number of carbonyl (C=O) groups excluding carboxylic acids is 1. The number of hydrogen-bond acceptors (Lipinski definition) is 4. The van der Waals surface area contributed by atoms with Crippen LogP contribution < -0.4 is 0 Å². The average Bonchev–Trinajstić information content (AvgIpc) is 2.82. The molecule has 4 rings (SSSR count). The van der Waals surface area contributed by atoms with Crippen LogP contribution in [-0.4, -0.2) is 36.9 Å². The van der Waals surface area contributed by atoms with Gasteiger partial charge in [0.25, 0.3) is 0 Å². The van der Waals surface area contributed by atoms with E-state index >= 15 is 0 Å². The Labute approximate surface area is 204 Å². The fourth-order valence-corrected chi connectivity index (χ4v) is 5.80. The Morgan fingerprint density at radius 2 is 1.97 bits per heavy atom. The van der Waals surface area contributed by atoms with Crippen LogP contribution in [0.3, 0.4) is 0 Å². The summed E-state index contributed by atoms with van der Waals surface area (Å²) in [7, 11) is 1.96. The quantitative estimate of drug-likeness (QED) is 0.294. The molecule has 1 fully saturated rings. The molecule has 3 nitrogen and oxygen atoms in total. The summed E-state index contributed by atoms with van der Waals surface area (Å²) in [5, 5.41) is 0. The van der Waals surface area contributed by atoms with E-state index in [1.165, 1.54) is 21.6 Å². The van der Waals surface area contributed by atoms with Crippen LogP contribution in [0.25, 0.3) is 0 Å². The zero-order chi connectivity index (χ0) is 23.9. The number of para-hydroxylation sites is 1. The highest BCUT2D eigenvalue weighted by Crippen LogP contribution is 2.45. The summed E-state index contributed by atoms with van der Waals surface area (Å²) in [6.45, 7) is 12.0. The molecule has 32 heavy (non-hydrogen) atoms. The first-order valence-electron chi connectivity index (χ1n) is 11.6. The van der Waals surface area contributed by atoms with Gasteiger partial charge in [0.1, 0.15) is 0 Å². The Kier molecular flexibility index (Phi) is 9.90. The maximum absolute atomic E-state index is 11.9. The van der Waals surface area contributed by atoms with Crippen LogP contribution in [0.2, 0.25) is 0 Å². The van der Waals surface area contributed by atoms with Gasteiger partial charge in [-0.2, -0.15) is 0 Å². The number of likely N-dealkylation sites (tertiary alicyclic amines) is 1. The molecule has 174 valence electrons. The number of rotatable bonds is 3. The molecule has 0 radical (unpaired) electrons. The molecule has 2 atom stereocenters. The molecule has 1 amide bonds. The molecule has 1 aliphatic carbocycles. The number of fused-ring (bicyclic) bond motifs is 3. The number of amides is 1. The van der Waals surface area contributed by atoms with E-state index in [2.05, 4.69) is 80.8 Å². The van der Waals surface area contributed by atoms with Crippen molar-refractivity contribution in [3.8, 4) is 0 Å². The van der Waals surface area contributed by atoms with Crippen molar-refractivity contribution in [1.29, 1.82) is 0 Å². The Morgan fingerprint density at radius 3 is 2.59 bits per heavy atom. The molecule has 2 aliphatic rings. The monoisotopic (exact) mass is 470 g/mol. The number of hydrogen-bond donors (Lipinski definition) is 1. The van der Waals surface area contributed by atoms with E-state index < -0.39 is 0 Å². The van der Waals surface area contributed by atoms with Crippen LogP contribution in [0.5, 0.6) is 0 Å². The highest BCUT2D eigenvalue weighted by Gasteiger charge is 2.46. The molecule has 0 bridgehead atoms. The van der Waals surface area contributed by atoms with E-state index in [1.807, 2.05) is 25.8 Å². The van der Waals surface area contributed by atoms with Gasteiger partial charge in [-0.3, -0.25) is 9.79 Å². The maximum Gasteiger partial charge on any atom is 0.222 e. The topological polar surface area (TPSA) is 32.7 Å². The Bertz CT molecular complexity index is 921. The number of aliphatic imine (C=N–C) groups is 1. The van der Waals surface area contributed by atoms with E-state index in [0.717, 1.165) is 36.3 Å². The fourth-order valence-electron chi connectivity index (χ4n) is 4.97. The molecule has 1 saturated heterocycles. The standard InChI is InChI=1S/C15H19NOS.C10H13NS.C2H6/c1-15-8-7-14(17)16(2)13(15)6-3-10-9-11(18)4-5-12(10)15;1-4-8-6-5-7-9(12-3)10(8)11-2;1-2/h4-5,9,13,18H,3,6-8H2,1-2H3;5-7H,2,4H2,1,3H3;1-2H3/t13?,15-;;/m1../s1. The first kappa shape index (κ1) is 26.5. The van der Waals surface area contributed by atoms with Crippen molar-refractivity contribution < 1.29 is 4.79 Å². The predicted octanol–water partition coefficient (Wildman–Crippen LogP) is 7.13. The number of carbonyl (C=O) groups is 1. The second-order valence-electron chi connectivity index (χ2n) is 8.30. The van der Waals surface area contributed by atoms with E-state index in [0.29, 0.717) is 18.4 Å². The van der Waals surface area contributed by atoms with Crippen molar-refractivity contribution in [2.24, 2.45) is 4.99 Å². The maximum atomic E-state index is 11.9. The van der Waals surface area contributed by atoms with Crippen molar-refractivity contribution in [3.63, 3.8) is 0 Å². The van der Waals surface area contributed by atoms with Crippen molar-refractivity contribution in [1.82, 2.24) is 4.90 Å². The third-order valence-electron chi connectivity index (χ3n) is 6.69. The van der Waals surface area contributed by atoms with Crippen molar-refractivity contribution >= 4 is 42.7 Å². The second-order valence-corrected chi connectivity index (χ2v) is 9.66. The largest absolute Gasteiger partial charge is 0.342 e. The van der Waals surface area contributed by atoms with Gasteiger partial charge in [-0.1, -0.05) is 45.9 Å². The molecule has 0 spiro atoms. The Hall–Kier alpha value is -1.72. The zero-order valence-corrected chi connectivity index (χ0v) is 22.2. The number of piperidine rings is 1. The van der Waals surface area contributed by atoms with Gasteiger partial charge in [-0.05, 0) is 73.5 Å². The minimum atomic E-state index is 0.123. The van der Waals surface area contributed by atoms with Crippen LogP contribution in [0.1, 0.15) is 63.6 Å². The van der Waals surface area contributed by atoms with Crippen molar-refractivity contribution in [2.45, 2.75) is 81.0 Å². The van der Waals surface area contributed by atoms with Gasteiger partial charge in [-0.15, -0.1) is 24.4 Å². The van der Waals surface area contributed by atoms with E-state index in [-0.39, 0.29) is 5.41 Å². The number of thiol groups is 1. The average molecular weight is 471 g/mol. The molecular formula is C27H38N2OS2. The van der Waals surface area contributed by atoms with E-state index in [9.17, 15) is 4.79 Å². The lowest BCUT2D eigenvalue weighted by Crippen LogP contribution is -2.56. The second kappa shape index (κ2) is 11.9. The summed E-state index contributed by atoms with van der Waals surface area (Å²) in [4.78, 5) is 20.1. The third-order valence-corrected chi connectivity index (χ3v) is 7.73. The van der Waals surface area contributed by atoms with Crippen LogP contribution >= 0.6 is 24.4 Å². The van der Waals surface area contributed by atoms with Crippen molar-refractivity contribution in [2.75, 3.05) is 13.3 Å². The molecule has 2 aromatic carbocycles. The lowest BCUT2D eigenvalue weighted by Gasteiger charge is -2.50. The summed E-state index contributed by atoms with van der Waals surface area (Å²) in [6.07, 6.45) is 6.85. The Balaban J connectivity index is 0.000000227. The first-order chi connectivity index (χ1) is 15.3. The number of nitrogens with zero attached hydrogens (tertiary/aromatic N) is 2. The van der Waals surface area contributed by atoms with Gasteiger partial charge in [0.15, 0.2) is 0 Å². The zero-order valence-electron chi connectivity index (χ0n) is 20.4. The van der Waals surface area contributed by atoms with Gasteiger partial charge in [0, 0.05) is 34.7 Å². The molecule has 1 aliphatic heterocycles. The number of likely N-dealkylation sites (N-methyl/N-ethyl adjacent to an activating group) is 1. The number of aryl methyl sites for hydroxylation is 2. The normalized spacial score (nSPS) is 21.3. The highest BCUT2D eigenvalue weighted by molar-refractivity contribution is 7.98. The van der Waals surface area contributed by atoms with Crippen molar-refractivity contribution in [3.05, 3.63) is 53.1 Å². The summed E-state index contributed by atoms with van der Waals surface area (Å²) >= 11 is 6.15. The van der Waals surface area contributed by atoms with Gasteiger partial charge in [-0.25, -0.2) is 0 Å². The molecule has 0 saturated carbocycles. The van der Waals surface area contributed by atoms with E-state index in [1.54, 1.807) is 11.8 Å². The summed E-state index contributed by atoms with van der Waals surface area (Å²) in [5.41, 5.74) is 5.29. The highest BCUT2D eigenvalue weighted by atomic mass is 32.2. The molecule has 2 aromatic rings.